The van der Waals surface area contributed by atoms with Gasteiger partial charge in [0.2, 0.25) is 0 Å². The van der Waals surface area contributed by atoms with Crippen LogP contribution in [0.25, 0.3) is 27.2 Å². The predicted octanol–water partition coefficient (Wildman–Crippen LogP) is 4.41. The van der Waals surface area contributed by atoms with Crippen molar-refractivity contribution < 1.29 is 9.90 Å². The smallest absolute Gasteiger partial charge is 0.307 e. The lowest BCUT2D eigenvalue weighted by Gasteiger charge is -2.08. The van der Waals surface area contributed by atoms with E-state index in [9.17, 15) is 4.79 Å². The summed E-state index contributed by atoms with van der Waals surface area (Å²) in [6, 6.07) is 20.2. The third kappa shape index (κ3) is 2.46. The Morgan fingerprint density at radius 2 is 1.39 bits per heavy atom. The number of fused-ring (bicyclic) bond motifs is 2. The van der Waals surface area contributed by atoms with Crippen LogP contribution in [0.3, 0.4) is 0 Å². The lowest BCUT2D eigenvalue weighted by Crippen LogP contribution is -2.04. The highest BCUT2D eigenvalue weighted by molar-refractivity contribution is 5.98. The first-order valence-corrected chi connectivity index (χ1v) is 7.51. The number of para-hydroxylation sites is 1. The Bertz CT molecular complexity index is 978. The van der Waals surface area contributed by atoms with Crippen molar-refractivity contribution in [3.05, 3.63) is 78.6 Å². The number of carbonyl (C=O) groups is 1. The van der Waals surface area contributed by atoms with E-state index in [1.807, 2.05) is 41.0 Å². The fraction of sp³-hybridized carbons (Fsp3) is 0.0500. The molecule has 4 aromatic rings. The van der Waals surface area contributed by atoms with E-state index in [1.165, 1.54) is 10.8 Å². The number of carboxylic acids is 1. The molecule has 0 aliphatic rings. The lowest BCUT2D eigenvalue weighted by atomic mass is 10.1. The molecular weight excluding hydrogens is 286 g/mol. The van der Waals surface area contributed by atoms with E-state index in [4.69, 9.17) is 5.11 Å². The monoisotopic (exact) mass is 301 g/mol. The van der Waals surface area contributed by atoms with Gasteiger partial charge in [0.05, 0.1) is 6.42 Å². The minimum Gasteiger partial charge on any atom is -0.481 e. The van der Waals surface area contributed by atoms with Gasteiger partial charge in [0, 0.05) is 28.9 Å². The molecule has 0 aliphatic carbocycles. The second-order valence-electron chi connectivity index (χ2n) is 5.69. The molecule has 1 N–H and O–H groups in total. The minimum atomic E-state index is -0.820. The summed E-state index contributed by atoms with van der Waals surface area (Å²) in [7, 11) is 0. The minimum absolute atomic E-state index is 0.0205. The molecule has 0 spiro atoms. The molecule has 0 bridgehead atoms. The van der Waals surface area contributed by atoms with Crippen LogP contribution >= 0.6 is 0 Å². The number of rotatable bonds is 3. The summed E-state index contributed by atoms with van der Waals surface area (Å²) < 4.78 is 2.02. The Kier molecular flexibility index (Phi) is 3.12. The van der Waals surface area contributed by atoms with Crippen molar-refractivity contribution >= 4 is 27.5 Å². The molecule has 0 radical (unpaired) electrons. The summed E-state index contributed by atoms with van der Waals surface area (Å²) in [6.45, 7) is 0. The van der Waals surface area contributed by atoms with Crippen molar-refractivity contribution in [3.8, 4) is 5.69 Å². The molecular formula is C20H15NO2. The number of nitrogens with zero attached hydrogens (tertiary/aromatic N) is 1. The molecule has 112 valence electrons. The maximum absolute atomic E-state index is 11.1. The zero-order valence-corrected chi connectivity index (χ0v) is 12.4. The van der Waals surface area contributed by atoms with Gasteiger partial charge in [-0.2, -0.15) is 0 Å². The number of benzene rings is 3. The number of hydrogen-bond acceptors (Lipinski definition) is 1. The molecule has 0 aliphatic heterocycles. The Labute approximate surface area is 133 Å². The summed E-state index contributed by atoms with van der Waals surface area (Å²) in [6.07, 6.45) is 4.14. The van der Waals surface area contributed by atoms with Crippen LogP contribution in [0.1, 0.15) is 5.56 Å². The van der Waals surface area contributed by atoms with Gasteiger partial charge in [0.25, 0.3) is 0 Å². The van der Waals surface area contributed by atoms with E-state index in [0.717, 1.165) is 22.0 Å². The Morgan fingerprint density at radius 1 is 0.826 bits per heavy atom. The summed E-state index contributed by atoms with van der Waals surface area (Å²) in [5.74, 6) is -0.820. The van der Waals surface area contributed by atoms with Crippen LogP contribution in [0.5, 0.6) is 0 Å². The average Bonchev–Trinajstić information content (AvgIpc) is 2.95. The number of hydrogen-bond donors (Lipinski definition) is 1. The molecule has 4 rings (SSSR count). The maximum Gasteiger partial charge on any atom is 0.307 e. The summed E-state index contributed by atoms with van der Waals surface area (Å²) in [5, 5.41) is 13.8. The third-order valence-electron chi connectivity index (χ3n) is 4.12. The molecule has 0 saturated heterocycles. The summed E-state index contributed by atoms with van der Waals surface area (Å²) in [5.41, 5.74) is 1.72. The average molecular weight is 301 g/mol. The van der Waals surface area contributed by atoms with Gasteiger partial charge in [-0.25, -0.2) is 0 Å². The van der Waals surface area contributed by atoms with Crippen LogP contribution in [-0.2, 0) is 11.2 Å². The topological polar surface area (TPSA) is 42.2 Å². The third-order valence-corrected chi connectivity index (χ3v) is 4.12. The fourth-order valence-electron chi connectivity index (χ4n) is 3.05. The van der Waals surface area contributed by atoms with Crippen LogP contribution in [0.2, 0.25) is 0 Å². The van der Waals surface area contributed by atoms with Crippen LogP contribution < -0.4 is 0 Å². The Balaban J connectivity index is 1.89. The van der Waals surface area contributed by atoms with Gasteiger partial charge in [-0.15, -0.1) is 0 Å². The normalized spacial score (nSPS) is 11.1. The van der Waals surface area contributed by atoms with E-state index in [0.29, 0.717) is 0 Å². The first kappa shape index (κ1) is 13.6. The first-order chi connectivity index (χ1) is 11.2. The molecule has 1 aromatic heterocycles. The number of aromatic nitrogens is 1. The molecule has 0 atom stereocenters. The summed E-state index contributed by atoms with van der Waals surface area (Å²) >= 11 is 0. The Hall–Kier alpha value is -3.07. The van der Waals surface area contributed by atoms with Crippen molar-refractivity contribution in [1.29, 1.82) is 0 Å². The molecule has 3 heteroatoms. The maximum atomic E-state index is 11.1. The highest BCUT2D eigenvalue weighted by atomic mass is 16.4. The van der Waals surface area contributed by atoms with E-state index in [-0.39, 0.29) is 6.42 Å². The van der Waals surface area contributed by atoms with Crippen molar-refractivity contribution in [2.24, 2.45) is 0 Å². The lowest BCUT2D eigenvalue weighted by molar-refractivity contribution is -0.136. The van der Waals surface area contributed by atoms with Crippen LogP contribution in [0.4, 0.5) is 0 Å². The van der Waals surface area contributed by atoms with Crippen LogP contribution in [0, 0.1) is 0 Å². The highest BCUT2D eigenvalue weighted by Crippen LogP contribution is 2.26. The van der Waals surface area contributed by atoms with Gasteiger partial charge in [-0.05, 0) is 34.5 Å². The second kappa shape index (κ2) is 5.29. The SMILES string of the molecule is O=C(O)Cc1ccccc1-n1cc2cc3ccccc3cc2c1. The van der Waals surface area contributed by atoms with Gasteiger partial charge < -0.3 is 9.67 Å². The zero-order valence-electron chi connectivity index (χ0n) is 12.4. The standard InChI is InChI=1S/C20H15NO2/c22-20(23)11-16-7-3-4-8-19(16)21-12-17-9-14-5-1-2-6-15(14)10-18(17)13-21/h1-10,12-13H,11H2,(H,22,23). The largest absolute Gasteiger partial charge is 0.481 e. The van der Waals surface area contributed by atoms with Crippen molar-refractivity contribution in [3.63, 3.8) is 0 Å². The van der Waals surface area contributed by atoms with E-state index in [2.05, 4.69) is 36.7 Å². The Morgan fingerprint density at radius 3 is 2.00 bits per heavy atom. The second-order valence-corrected chi connectivity index (χ2v) is 5.69. The molecule has 23 heavy (non-hydrogen) atoms. The molecule has 0 amide bonds. The predicted molar refractivity (Wildman–Crippen MR) is 92.1 cm³/mol. The van der Waals surface area contributed by atoms with Gasteiger partial charge in [0.1, 0.15) is 0 Å². The fourth-order valence-corrected chi connectivity index (χ4v) is 3.05. The summed E-state index contributed by atoms with van der Waals surface area (Å²) in [4.78, 5) is 11.1. The molecule has 0 saturated carbocycles. The zero-order chi connectivity index (χ0) is 15.8. The van der Waals surface area contributed by atoms with Gasteiger partial charge in [-0.1, -0.05) is 42.5 Å². The number of aliphatic carboxylic acids is 1. The molecule has 3 nitrogen and oxygen atoms in total. The van der Waals surface area contributed by atoms with E-state index >= 15 is 0 Å². The van der Waals surface area contributed by atoms with E-state index in [1.54, 1.807) is 0 Å². The van der Waals surface area contributed by atoms with E-state index < -0.39 is 5.97 Å². The molecule has 3 aromatic carbocycles. The van der Waals surface area contributed by atoms with Crippen LogP contribution in [0.15, 0.2) is 73.1 Å². The van der Waals surface area contributed by atoms with Gasteiger partial charge in [-0.3, -0.25) is 4.79 Å². The first-order valence-electron chi connectivity index (χ1n) is 7.51. The van der Waals surface area contributed by atoms with Crippen LogP contribution in [-0.4, -0.2) is 15.6 Å². The quantitative estimate of drug-likeness (QED) is 0.609. The van der Waals surface area contributed by atoms with Gasteiger partial charge >= 0.3 is 5.97 Å². The number of carboxylic acid groups (broad SMARTS) is 1. The van der Waals surface area contributed by atoms with Crippen molar-refractivity contribution in [2.75, 3.05) is 0 Å². The molecule has 1 heterocycles. The van der Waals surface area contributed by atoms with Gasteiger partial charge in [0.15, 0.2) is 0 Å². The highest BCUT2D eigenvalue weighted by Gasteiger charge is 2.09. The molecule has 0 unspecified atom stereocenters. The van der Waals surface area contributed by atoms with Crippen molar-refractivity contribution in [2.45, 2.75) is 6.42 Å². The van der Waals surface area contributed by atoms with Crippen molar-refractivity contribution in [1.82, 2.24) is 4.57 Å². The molecule has 0 fully saturated rings.